The van der Waals surface area contributed by atoms with Gasteiger partial charge in [0.1, 0.15) is 0 Å². The first-order valence-corrected chi connectivity index (χ1v) is 8.79. The second-order valence-electron chi connectivity index (χ2n) is 7.20. The normalized spacial score (nSPS) is 26.0. The fourth-order valence-corrected chi connectivity index (χ4v) is 4.43. The summed E-state index contributed by atoms with van der Waals surface area (Å²) in [5, 5.41) is 3.59. The first-order valence-electron chi connectivity index (χ1n) is 8.79. The van der Waals surface area contributed by atoms with E-state index in [9.17, 15) is 0 Å². The van der Waals surface area contributed by atoms with Crippen LogP contribution in [0.25, 0.3) is 0 Å². The van der Waals surface area contributed by atoms with Crippen LogP contribution in [0.5, 0.6) is 0 Å². The van der Waals surface area contributed by atoms with E-state index in [0.717, 1.165) is 11.8 Å². The smallest absolute Gasteiger partial charge is 0.00957 e. The van der Waals surface area contributed by atoms with Crippen LogP contribution in [0.2, 0.25) is 0 Å². The van der Waals surface area contributed by atoms with Crippen LogP contribution in [0.4, 0.5) is 0 Å². The Morgan fingerprint density at radius 1 is 1.10 bits per heavy atom. The van der Waals surface area contributed by atoms with Crippen molar-refractivity contribution in [2.24, 2.45) is 11.8 Å². The van der Waals surface area contributed by atoms with Gasteiger partial charge in [-0.3, -0.25) is 0 Å². The van der Waals surface area contributed by atoms with Gasteiger partial charge in [-0.05, 0) is 82.0 Å². The molecule has 3 unspecified atom stereocenters. The lowest BCUT2D eigenvalue weighted by Gasteiger charge is -2.37. The zero-order valence-corrected chi connectivity index (χ0v) is 14.6. The third-order valence-corrected chi connectivity index (χ3v) is 5.47. The van der Waals surface area contributed by atoms with Crippen LogP contribution in [-0.4, -0.2) is 13.1 Å². The molecule has 1 nitrogen and oxygen atoms in total. The molecule has 1 fully saturated rings. The summed E-state index contributed by atoms with van der Waals surface area (Å²) in [7, 11) is 2.15. The first-order chi connectivity index (χ1) is 10.0. The SMILES string of the molecule is CCCC1CCC(NC)C(Cc2c(C)cc(C)cc2C)C1. The van der Waals surface area contributed by atoms with Crippen LogP contribution < -0.4 is 5.32 Å². The van der Waals surface area contributed by atoms with Crippen molar-refractivity contribution in [2.45, 2.75) is 72.3 Å². The van der Waals surface area contributed by atoms with Crippen molar-refractivity contribution < 1.29 is 0 Å². The first kappa shape index (κ1) is 16.5. The number of rotatable bonds is 5. The standard InChI is InChI=1S/C20H33N/c1-6-7-17-8-9-20(21-5)18(12-17)13-19-15(3)10-14(2)11-16(19)4/h10-11,17-18,20-21H,6-9,12-13H2,1-5H3. The van der Waals surface area contributed by atoms with Crippen LogP contribution in [-0.2, 0) is 6.42 Å². The van der Waals surface area contributed by atoms with Gasteiger partial charge in [0, 0.05) is 6.04 Å². The molecule has 1 saturated carbocycles. The summed E-state index contributed by atoms with van der Waals surface area (Å²) < 4.78 is 0. The van der Waals surface area contributed by atoms with Gasteiger partial charge in [0.15, 0.2) is 0 Å². The van der Waals surface area contributed by atoms with Crippen molar-refractivity contribution in [1.29, 1.82) is 0 Å². The Hall–Kier alpha value is -0.820. The second kappa shape index (κ2) is 7.45. The van der Waals surface area contributed by atoms with E-state index >= 15 is 0 Å². The Balaban J connectivity index is 2.15. The Morgan fingerprint density at radius 2 is 1.76 bits per heavy atom. The van der Waals surface area contributed by atoms with E-state index in [1.807, 2.05) is 0 Å². The van der Waals surface area contributed by atoms with Crippen molar-refractivity contribution >= 4 is 0 Å². The van der Waals surface area contributed by atoms with Gasteiger partial charge in [-0.15, -0.1) is 0 Å². The van der Waals surface area contributed by atoms with Gasteiger partial charge in [-0.25, -0.2) is 0 Å². The molecular weight excluding hydrogens is 254 g/mol. The molecule has 1 aromatic carbocycles. The molecule has 2 rings (SSSR count). The number of aryl methyl sites for hydroxylation is 3. The monoisotopic (exact) mass is 287 g/mol. The van der Waals surface area contributed by atoms with E-state index < -0.39 is 0 Å². The topological polar surface area (TPSA) is 12.0 Å². The molecule has 1 N–H and O–H groups in total. The molecule has 0 aromatic heterocycles. The highest BCUT2D eigenvalue weighted by atomic mass is 14.9. The van der Waals surface area contributed by atoms with E-state index in [1.54, 1.807) is 5.56 Å². The summed E-state index contributed by atoms with van der Waals surface area (Å²) in [6.07, 6.45) is 8.19. The maximum Gasteiger partial charge on any atom is 0.00957 e. The van der Waals surface area contributed by atoms with E-state index in [0.29, 0.717) is 6.04 Å². The summed E-state index contributed by atoms with van der Waals surface area (Å²) in [6, 6.07) is 5.41. The lowest BCUT2D eigenvalue weighted by atomic mass is 9.73. The number of hydrogen-bond acceptors (Lipinski definition) is 1. The molecule has 0 spiro atoms. The summed E-state index contributed by atoms with van der Waals surface area (Å²) in [6.45, 7) is 9.11. The average molecular weight is 287 g/mol. The number of nitrogens with one attached hydrogen (secondary N) is 1. The summed E-state index contributed by atoms with van der Waals surface area (Å²) in [5.41, 5.74) is 5.97. The molecule has 1 aliphatic carbocycles. The van der Waals surface area contributed by atoms with Gasteiger partial charge in [-0.1, -0.05) is 37.5 Å². The molecule has 0 aliphatic heterocycles. The number of benzene rings is 1. The second-order valence-corrected chi connectivity index (χ2v) is 7.20. The van der Waals surface area contributed by atoms with Gasteiger partial charge >= 0.3 is 0 Å². The van der Waals surface area contributed by atoms with Gasteiger partial charge in [-0.2, -0.15) is 0 Å². The van der Waals surface area contributed by atoms with Gasteiger partial charge < -0.3 is 5.32 Å². The fraction of sp³-hybridized carbons (Fsp3) is 0.700. The summed E-state index contributed by atoms with van der Waals surface area (Å²) >= 11 is 0. The molecule has 21 heavy (non-hydrogen) atoms. The lowest BCUT2D eigenvalue weighted by molar-refractivity contribution is 0.200. The molecule has 1 aliphatic rings. The van der Waals surface area contributed by atoms with Crippen LogP contribution >= 0.6 is 0 Å². The average Bonchev–Trinajstić information content (AvgIpc) is 2.43. The minimum absolute atomic E-state index is 0.707. The third-order valence-electron chi connectivity index (χ3n) is 5.47. The molecular formula is C20H33N. The van der Waals surface area contributed by atoms with Crippen molar-refractivity contribution in [3.63, 3.8) is 0 Å². The van der Waals surface area contributed by atoms with Crippen LogP contribution in [0.15, 0.2) is 12.1 Å². The van der Waals surface area contributed by atoms with Gasteiger partial charge in [0.05, 0.1) is 0 Å². The number of hydrogen-bond donors (Lipinski definition) is 1. The quantitative estimate of drug-likeness (QED) is 0.807. The fourth-order valence-electron chi connectivity index (χ4n) is 4.43. The Labute approximate surface area is 131 Å². The lowest BCUT2D eigenvalue weighted by Crippen LogP contribution is -2.40. The van der Waals surface area contributed by atoms with Gasteiger partial charge in [0.2, 0.25) is 0 Å². The maximum atomic E-state index is 3.59. The van der Waals surface area contributed by atoms with Crippen LogP contribution in [0.1, 0.15) is 61.3 Å². The highest BCUT2D eigenvalue weighted by Gasteiger charge is 2.29. The molecule has 0 bridgehead atoms. The zero-order valence-electron chi connectivity index (χ0n) is 14.6. The van der Waals surface area contributed by atoms with E-state index in [-0.39, 0.29) is 0 Å². The van der Waals surface area contributed by atoms with Gasteiger partial charge in [0.25, 0.3) is 0 Å². The van der Waals surface area contributed by atoms with Crippen LogP contribution in [0.3, 0.4) is 0 Å². The largest absolute Gasteiger partial charge is 0.317 e. The van der Waals surface area contributed by atoms with E-state index in [4.69, 9.17) is 0 Å². The minimum Gasteiger partial charge on any atom is -0.317 e. The van der Waals surface area contributed by atoms with E-state index in [2.05, 4.69) is 52.2 Å². The van der Waals surface area contributed by atoms with Crippen molar-refractivity contribution in [3.05, 3.63) is 34.4 Å². The Morgan fingerprint density at radius 3 is 2.33 bits per heavy atom. The molecule has 3 atom stereocenters. The highest BCUT2D eigenvalue weighted by Crippen LogP contribution is 2.35. The summed E-state index contributed by atoms with van der Waals surface area (Å²) in [5.74, 6) is 1.76. The molecule has 118 valence electrons. The van der Waals surface area contributed by atoms with E-state index in [1.165, 1.54) is 55.2 Å². The Bertz CT molecular complexity index is 440. The third kappa shape index (κ3) is 4.10. The maximum absolute atomic E-state index is 3.59. The van der Waals surface area contributed by atoms with Crippen molar-refractivity contribution in [3.8, 4) is 0 Å². The molecule has 0 saturated heterocycles. The zero-order chi connectivity index (χ0) is 15.4. The molecule has 0 heterocycles. The molecule has 1 aromatic rings. The Kier molecular flexibility index (Phi) is 5.87. The van der Waals surface area contributed by atoms with Crippen molar-refractivity contribution in [2.75, 3.05) is 7.05 Å². The highest BCUT2D eigenvalue weighted by molar-refractivity contribution is 5.37. The minimum atomic E-state index is 0.707. The predicted octanol–water partition coefficient (Wildman–Crippen LogP) is 4.96. The molecule has 1 heteroatoms. The molecule has 0 radical (unpaired) electrons. The summed E-state index contributed by atoms with van der Waals surface area (Å²) in [4.78, 5) is 0. The van der Waals surface area contributed by atoms with Crippen LogP contribution in [0, 0.1) is 32.6 Å². The predicted molar refractivity (Wildman–Crippen MR) is 92.9 cm³/mol. The molecule has 0 amide bonds. The van der Waals surface area contributed by atoms with Crippen molar-refractivity contribution in [1.82, 2.24) is 5.32 Å².